The first-order valence-electron chi connectivity index (χ1n) is 7.33. The molecule has 0 atom stereocenters. The molecule has 24 heavy (non-hydrogen) atoms. The molecule has 0 radical (unpaired) electrons. The Balaban J connectivity index is 1.77. The van der Waals surface area contributed by atoms with Crippen LogP contribution in [0.3, 0.4) is 0 Å². The summed E-state index contributed by atoms with van der Waals surface area (Å²) >= 11 is 5.72. The second-order valence-corrected chi connectivity index (χ2v) is 7.26. The standard InChI is InChI=1S/C16H16ClN3O3S/c17-11-12-1-3-13(4-2-12)19-24(22,23)15-7-5-14(6-8-15)20-10-9-18-16(20)21/h1-8,19H,9-11H2,(H,18,21). The van der Waals surface area contributed by atoms with Crippen LogP contribution in [-0.4, -0.2) is 27.5 Å². The maximum absolute atomic E-state index is 12.4. The quantitative estimate of drug-likeness (QED) is 0.800. The Morgan fingerprint density at radius 2 is 1.75 bits per heavy atom. The Hall–Kier alpha value is -2.25. The molecule has 2 aromatic carbocycles. The van der Waals surface area contributed by atoms with Crippen LogP contribution in [0.25, 0.3) is 0 Å². The number of anilines is 2. The Bertz CT molecular complexity index is 836. The first-order chi connectivity index (χ1) is 11.5. The fourth-order valence-corrected chi connectivity index (χ4v) is 3.64. The first-order valence-corrected chi connectivity index (χ1v) is 9.34. The van der Waals surface area contributed by atoms with Crippen molar-refractivity contribution in [2.75, 3.05) is 22.7 Å². The fraction of sp³-hybridized carbons (Fsp3) is 0.188. The number of amides is 2. The van der Waals surface area contributed by atoms with Crippen molar-refractivity contribution in [1.29, 1.82) is 0 Å². The van der Waals surface area contributed by atoms with Crippen molar-refractivity contribution in [1.82, 2.24) is 5.32 Å². The summed E-state index contributed by atoms with van der Waals surface area (Å²) in [5, 5.41) is 2.70. The van der Waals surface area contributed by atoms with Gasteiger partial charge in [-0.2, -0.15) is 0 Å². The lowest BCUT2D eigenvalue weighted by atomic mass is 10.2. The number of nitrogens with zero attached hydrogens (tertiary/aromatic N) is 1. The van der Waals surface area contributed by atoms with Crippen molar-refractivity contribution in [3.05, 3.63) is 54.1 Å². The lowest BCUT2D eigenvalue weighted by Crippen LogP contribution is -2.27. The molecule has 126 valence electrons. The number of alkyl halides is 1. The molecule has 2 amide bonds. The van der Waals surface area contributed by atoms with E-state index in [4.69, 9.17) is 11.6 Å². The number of hydrogen-bond donors (Lipinski definition) is 2. The van der Waals surface area contributed by atoms with Crippen LogP contribution < -0.4 is 14.9 Å². The third-order valence-corrected chi connectivity index (χ3v) is 5.38. The number of halogens is 1. The van der Waals surface area contributed by atoms with Gasteiger partial charge < -0.3 is 5.32 Å². The number of rotatable bonds is 5. The summed E-state index contributed by atoms with van der Waals surface area (Å²) in [5.74, 6) is 0.374. The minimum absolute atomic E-state index is 0.132. The third-order valence-electron chi connectivity index (χ3n) is 3.68. The van der Waals surface area contributed by atoms with Gasteiger partial charge in [-0.1, -0.05) is 12.1 Å². The van der Waals surface area contributed by atoms with Crippen LogP contribution in [0, 0.1) is 0 Å². The fourth-order valence-electron chi connectivity index (χ4n) is 2.40. The molecule has 0 aromatic heterocycles. The highest BCUT2D eigenvalue weighted by molar-refractivity contribution is 7.92. The Morgan fingerprint density at radius 3 is 2.29 bits per heavy atom. The zero-order chi connectivity index (χ0) is 17.2. The molecule has 2 N–H and O–H groups in total. The van der Waals surface area contributed by atoms with Gasteiger partial charge in [0.25, 0.3) is 10.0 Å². The van der Waals surface area contributed by atoms with E-state index in [2.05, 4.69) is 10.0 Å². The van der Waals surface area contributed by atoms with E-state index in [1.165, 1.54) is 12.1 Å². The van der Waals surface area contributed by atoms with E-state index >= 15 is 0 Å². The van der Waals surface area contributed by atoms with Gasteiger partial charge in [-0.25, -0.2) is 13.2 Å². The Kier molecular flexibility index (Phi) is 4.64. The van der Waals surface area contributed by atoms with Crippen molar-refractivity contribution in [2.45, 2.75) is 10.8 Å². The topological polar surface area (TPSA) is 78.5 Å². The lowest BCUT2D eigenvalue weighted by Gasteiger charge is -2.15. The van der Waals surface area contributed by atoms with E-state index < -0.39 is 10.0 Å². The number of sulfonamides is 1. The predicted octanol–water partition coefficient (Wildman–Crippen LogP) is 2.76. The van der Waals surface area contributed by atoms with Crippen LogP contribution >= 0.6 is 11.6 Å². The number of carbonyl (C=O) groups is 1. The van der Waals surface area contributed by atoms with Gasteiger partial charge >= 0.3 is 6.03 Å². The predicted molar refractivity (Wildman–Crippen MR) is 94.0 cm³/mol. The van der Waals surface area contributed by atoms with Crippen molar-refractivity contribution in [3.63, 3.8) is 0 Å². The number of hydrogen-bond acceptors (Lipinski definition) is 3. The van der Waals surface area contributed by atoms with Crippen LogP contribution in [0.15, 0.2) is 53.4 Å². The minimum atomic E-state index is -3.69. The lowest BCUT2D eigenvalue weighted by molar-refractivity contribution is 0.252. The number of benzene rings is 2. The molecule has 0 bridgehead atoms. The molecule has 8 heteroatoms. The van der Waals surface area contributed by atoms with E-state index in [9.17, 15) is 13.2 Å². The van der Waals surface area contributed by atoms with Crippen molar-refractivity contribution in [2.24, 2.45) is 0 Å². The Labute approximate surface area is 145 Å². The monoisotopic (exact) mass is 365 g/mol. The highest BCUT2D eigenvalue weighted by Crippen LogP contribution is 2.22. The first kappa shape index (κ1) is 16.6. The summed E-state index contributed by atoms with van der Waals surface area (Å²) in [5.41, 5.74) is 2.04. The zero-order valence-electron chi connectivity index (χ0n) is 12.7. The minimum Gasteiger partial charge on any atom is -0.336 e. The number of nitrogens with one attached hydrogen (secondary N) is 2. The summed E-state index contributed by atoms with van der Waals surface area (Å²) < 4.78 is 27.4. The molecule has 1 saturated heterocycles. The van der Waals surface area contributed by atoms with Gasteiger partial charge in [-0.15, -0.1) is 11.6 Å². The average molecular weight is 366 g/mol. The maximum Gasteiger partial charge on any atom is 0.321 e. The molecule has 1 aliphatic heterocycles. The van der Waals surface area contributed by atoms with Crippen molar-refractivity contribution >= 4 is 39.0 Å². The summed E-state index contributed by atoms with van der Waals surface area (Å²) in [6.07, 6.45) is 0. The normalized spacial score (nSPS) is 14.5. The van der Waals surface area contributed by atoms with Crippen LogP contribution in [0.1, 0.15) is 5.56 Å². The summed E-state index contributed by atoms with van der Waals surface area (Å²) in [4.78, 5) is 13.3. The molecule has 0 spiro atoms. The van der Waals surface area contributed by atoms with Crippen molar-refractivity contribution < 1.29 is 13.2 Å². The number of carbonyl (C=O) groups excluding carboxylic acids is 1. The van der Waals surface area contributed by atoms with Crippen molar-refractivity contribution in [3.8, 4) is 0 Å². The van der Waals surface area contributed by atoms with Crippen LogP contribution in [0.4, 0.5) is 16.2 Å². The third kappa shape index (κ3) is 3.47. The van der Waals surface area contributed by atoms with Gasteiger partial charge in [0.15, 0.2) is 0 Å². The second kappa shape index (κ2) is 6.70. The SMILES string of the molecule is O=C1NCCN1c1ccc(S(=O)(=O)Nc2ccc(CCl)cc2)cc1. The zero-order valence-corrected chi connectivity index (χ0v) is 14.3. The highest BCUT2D eigenvalue weighted by atomic mass is 35.5. The van der Waals surface area contributed by atoms with Gasteiger partial charge in [-0.05, 0) is 42.0 Å². The molecule has 0 unspecified atom stereocenters. The molecule has 1 fully saturated rings. The maximum atomic E-state index is 12.4. The molecule has 6 nitrogen and oxygen atoms in total. The molecule has 1 aliphatic rings. The highest BCUT2D eigenvalue weighted by Gasteiger charge is 2.22. The molecular weight excluding hydrogens is 350 g/mol. The summed E-state index contributed by atoms with van der Waals surface area (Å²) in [7, 11) is -3.69. The van der Waals surface area contributed by atoms with Gasteiger partial charge in [0, 0.05) is 30.3 Å². The molecule has 0 saturated carbocycles. The van der Waals surface area contributed by atoms with Crippen LogP contribution in [-0.2, 0) is 15.9 Å². The van der Waals surface area contributed by atoms with Gasteiger partial charge in [-0.3, -0.25) is 9.62 Å². The molecule has 1 heterocycles. The average Bonchev–Trinajstić information content (AvgIpc) is 3.01. The summed E-state index contributed by atoms with van der Waals surface area (Å²) in [6.45, 7) is 1.15. The van der Waals surface area contributed by atoms with E-state index in [1.54, 1.807) is 41.3 Å². The molecule has 3 rings (SSSR count). The van der Waals surface area contributed by atoms with Gasteiger partial charge in [0.05, 0.1) is 4.90 Å². The molecular formula is C16H16ClN3O3S. The summed E-state index contributed by atoms with van der Waals surface area (Å²) in [6, 6.07) is 12.9. The van der Waals surface area contributed by atoms with E-state index in [0.717, 1.165) is 5.56 Å². The molecule has 0 aliphatic carbocycles. The van der Waals surface area contributed by atoms with Crippen LogP contribution in [0.2, 0.25) is 0 Å². The van der Waals surface area contributed by atoms with E-state index in [0.29, 0.717) is 30.3 Å². The van der Waals surface area contributed by atoms with Gasteiger partial charge in [0.2, 0.25) is 0 Å². The van der Waals surface area contributed by atoms with Crippen LogP contribution in [0.5, 0.6) is 0 Å². The Morgan fingerprint density at radius 1 is 1.08 bits per heavy atom. The largest absolute Gasteiger partial charge is 0.336 e. The second-order valence-electron chi connectivity index (χ2n) is 5.31. The van der Waals surface area contributed by atoms with E-state index in [-0.39, 0.29) is 10.9 Å². The smallest absolute Gasteiger partial charge is 0.321 e. The molecule has 2 aromatic rings. The van der Waals surface area contributed by atoms with Gasteiger partial charge in [0.1, 0.15) is 0 Å². The van der Waals surface area contributed by atoms with E-state index in [1.807, 2.05) is 0 Å². The number of urea groups is 1.